The summed E-state index contributed by atoms with van der Waals surface area (Å²) in [6.45, 7) is 5.61. The summed E-state index contributed by atoms with van der Waals surface area (Å²) in [5.41, 5.74) is 1.30. The van der Waals surface area contributed by atoms with Gasteiger partial charge in [0, 0.05) is 17.4 Å². The summed E-state index contributed by atoms with van der Waals surface area (Å²) in [4.78, 5) is 12.0. The normalized spacial score (nSPS) is 18.1. The Morgan fingerprint density at radius 1 is 1.29 bits per heavy atom. The first-order chi connectivity index (χ1) is 10.00. The van der Waals surface area contributed by atoms with E-state index in [1.54, 1.807) is 24.3 Å². The molecule has 1 aliphatic heterocycles. The minimum absolute atomic E-state index is 0.0782. The van der Waals surface area contributed by atoms with Gasteiger partial charge in [-0.3, -0.25) is 4.79 Å². The lowest BCUT2D eigenvalue weighted by molar-refractivity contribution is -0.223. The summed E-state index contributed by atoms with van der Waals surface area (Å²) < 4.78 is 11.3. The van der Waals surface area contributed by atoms with Gasteiger partial charge in [0.15, 0.2) is 12.1 Å². The van der Waals surface area contributed by atoms with Crippen molar-refractivity contribution < 1.29 is 14.3 Å². The number of hydrogen-bond acceptors (Lipinski definition) is 4. The maximum Gasteiger partial charge on any atom is 0.162 e. The van der Waals surface area contributed by atoms with Gasteiger partial charge in [-0.15, -0.1) is 0 Å². The van der Waals surface area contributed by atoms with Gasteiger partial charge in [0.25, 0.3) is 0 Å². The molecule has 1 saturated heterocycles. The first-order valence-corrected chi connectivity index (χ1v) is 7.27. The van der Waals surface area contributed by atoms with Crippen LogP contribution in [-0.2, 0) is 9.47 Å². The molecule has 1 aliphatic rings. The van der Waals surface area contributed by atoms with Gasteiger partial charge >= 0.3 is 0 Å². The molecule has 0 N–H and O–H groups in total. The van der Waals surface area contributed by atoms with Gasteiger partial charge in [0.05, 0.1) is 24.8 Å². The van der Waals surface area contributed by atoms with Gasteiger partial charge in [-0.25, -0.2) is 0 Å². The topological polar surface area (TPSA) is 59.3 Å². The number of rotatable bonds is 5. The summed E-state index contributed by atoms with van der Waals surface area (Å²) in [7, 11) is 0. The molecule has 0 atom stereocenters. The summed E-state index contributed by atoms with van der Waals surface area (Å²) in [5, 5.41) is 8.73. The first kappa shape index (κ1) is 15.7. The molecule has 112 valence electrons. The van der Waals surface area contributed by atoms with Crippen LogP contribution in [0.25, 0.3) is 0 Å². The minimum atomic E-state index is -0.188. The highest BCUT2D eigenvalue weighted by Crippen LogP contribution is 2.25. The average molecular weight is 287 g/mol. The molecule has 4 nitrogen and oxygen atoms in total. The van der Waals surface area contributed by atoms with E-state index in [1.165, 1.54) is 0 Å². The third kappa shape index (κ3) is 4.66. The highest BCUT2D eigenvalue weighted by Gasteiger charge is 2.27. The third-order valence-electron chi connectivity index (χ3n) is 3.50. The fraction of sp³-hybridized carbons (Fsp3) is 0.529. The van der Waals surface area contributed by atoms with Crippen LogP contribution in [0.4, 0.5) is 0 Å². The van der Waals surface area contributed by atoms with Crippen molar-refractivity contribution in [1.82, 2.24) is 0 Å². The number of carbonyl (C=O) groups excluding carboxylic acids is 1. The van der Waals surface area contributed by atoms with E-state index in [4.69, 9.17) is 14.7 Å². The molecule has 21 heavy (non-hydrogen) atoms. The van der Waals surface area contributed by atoms with Crippen molar-refractivity contribution in [3.8, 4) is 6.07 Å². The smallest absolute Gasteiger partial charge is 0.162 e. The SMILES string of the molecule is CC1(C)COC(CCCC(=O)c2ccc(C#N)cc2)OC1. The second-order valence-electron chi connectivity index (χ2n) is 6.22. The Labute approximate surface area is 125 Å². The van der Waals surface area contributed by atoms with E-state index in [0.717, 1.165) is 12.8 Å². The number of Topliss-reactive ketones (excluding diaryl/α,β-unsaturated/α-hetero) is 1. The molecule has 0 aliphatic carbocycles. The Kier molecular flexibility index (Phi) is 5.11. The number of nitriles is 1. The number of hydrogen-bond donors (Lipinski definition) is 0. The molecule has 1 aromatic carbocycles. The van der Waals surface area contributed by atoms with Gasteiger partial charge in [0.2, 0.25) is 0 Å². The van der Waals surface area contributed by atoms with Crippen LogP contribution in [0.3, 0.4) is 0 Å². The fourth-order valence-corrected chi connectivity index (χ4v) is 2.20. The molecular formula is C17H21NO3. The molecule has 0 unspecified atom stereocenters. The minimum Gasteiger partial charge on any atom is -0.352 e. The zero-order valence-electron chi connectivity index (χ0n) is 12.6. The van der Waals surface area contributed by atoms with Gasteiger partial charge in [-0.05, 0) is 25.0 Å². The van der Waals surface area contributed by atoms with E-state index in [9.17, 15) is 4.79 Å². The highest BCUT2D eigenvalue weighted by atomic mass is 16.7. The zero-order chi connectivity index (χ0) is 15.3. The first-order valence-electron chi connectivity index (χ1n) is 7.27. The Hall–Kier alpha value is -1.70. The molecule has 4 heteroatoms. The summed E-state index contributed by atoms with van der Waals surface area (Å²) >= 11 is 0. The van der Waals surface area contributed by atoms with E-state index >= 15 is 0 Å². The molecule has 0 bridgehead atoms. The average Bonchev–Trinajstić information content (AvgIpc) is 2.49. The predicted octanol–water partition coefficient (Wildman–Crippen LogP) is 3.31. The van der Waals surface area contributed by atoms with Gasteiger partial charge < -0.3 is 9.47 Å². The third-order valence-corrected chi connectivity index (χ3v) is 3.50. The van der Waals surface area contributed by atoms with Crippen LogP contribution in [0.5, 0.6) is 0 Å². The van der Waals surface area contributed by atoms with Crippen LogP contribution in [0.2, 0.25) is 0 Å². The maximum atomic E-state index is 12.0. The second-order valence-corrected chi connectivity index (χ2v) is 6.22. The fourth-order valence-electron chi connectivity index (χ4n) is 2.20. The van der Waals surface area contributed by atoms with Crippen LogP contribution < -0.4 is 0 Å². The number of nitrogens with zero attached hydrogens (tertiary/aromatic N) is 1. The Morgan fingerprint density at radius 2 is 1.90 bits per heavy atom. The Balaban J connectivity index is 1.73. The predicted molar refractivity (Wildman–Crippen MR) is 78.8 cm³/mol. The molecule has 1 fully saturated rings. The molecule has 0 saturated carbocycles. The van der Waals surface area contributed by atoms with E-state index in [0.29, 0.717) is 30.8 Å². The van der Waals surface area contributed by atoms with Crippen LogP contribution >= 0.6 is 0 Å². The number of ketones is 1. The lowest BCUT2D eigenvalue weighted by Gasteiger charge is -2.34. The van der Waals surface area contributed by atoms with Crippen molar-refractivity contribution in [2.45, 2.75) is 39.4 Å². The van der Waals surface area contributed by atoms with Crippen molar-refractivity contribution in [2.75, 3.05) is 13.2 Å². The van der Waals surface area contributed by atoms with Crippen molar-refractivity contribution >= 4 is 5.78 Å². The van der Waals surface area contributed by atoms with Gasteiger partial charge in [-0.1, -0.05) is 26.0 Å². The number of ether oxygens (including phenoxy) is 2. The van der Waals surface area contributed by atoms with Crippen molar-refractivity contribution in [3.63, 3.8) is 0 Å². The highest BCUT2D eigenvalue weighted by molar-refractivity contribution is 5.96. The lowest BCUT2D eigenvalue weighted by atomic mass is 9.95. The summed E-state index contributed by atoms with van der Waals surface area (Å²) in [6, 6.07) is 8.79. The molecule has 0 radical (unpaired) electrons. The van der Waals surface area contributed by atoms with Crippen LogP contribution in [-0.4, -0.2) is 25.3 Å². The number of carbonyl (C=O) groups is 1. The Bertz CT molecular complexity index is 518. The molecule has 0 spiro atoms. The van der Waals surface area contributed by atoms with Gasteiger partial charge in [-0.2, -0.15) is 5.26 Å². The van der Waals surface area contributed by atoms with E-state index in [1.807, 2.05) is 6.07 Å². The summed E-state index contributed by atoms with van der Waals surface area (Å²) in [6.07, 6.45) is 1.76. The van der Waals surface area contributed by atoms with Crippen LogP contribution in [0.1, 0.15) is 49.0 Å². The summed E-state index contributed by atoms with van der Waals surface area (Å²) in [5.74, 6) is 0.0932. The standard InChI is InChI=1S/C17H21NO3/c1-17(2)11-20-16(21-12-17)5-3-4-15(19)14-8-6-13(10-18)7-9-14/h6-9,16H,3-5,11-12H2,1-2H3. The maximum absolute atomic E-state index is 12.0. The molecule has 2 rings (SSSR count). The van der Waals surface area contributed by atoms with Crippen molar-refractivity contribution in [3.05, 3.63) is 35.4 Å². The van der Waals surface area contributed by atoms with Gasteiger partial charge in [0.1, 0.15) is 0 Å². The molecule has 0 aromatic heterocycles. The van der Waals surface area contributed by atoms with E-state index < -0.39 is 0 Å². The van der Waals surface area contributed by atoms with Crippen LogP contribution in [0, 0.1) is 16.7 Å². The van der Waals surface area contributed by atoms with Crippen molar-refractivity contribution in [1.29, 1.82) is 5.26 Å². The van der Waals surface area contributed by atoms with Crippen molar-refractivity contribution in [2.24, 2.45) is 5.41 Å². The second kappa shape index (κ2) is 6.84. The lowest BCUT2D eigenvalue weighted by Crippen LogP contribution is -2.37. The Morgan fingerprint density at radius 3 is 2.48 bits per heavy atom. The molecular weight excluding hydrogens is 266 g/mol. The van der Waals surface area contributed by atoms with E-state index in [-0.39, 0.29) is 17.5 Å². The van der Waals surface area contributed by atoms with Crippen LogP contribution in [0.15, 0.2) is 24.3 Å². The quantitative estimate of drug-likeness (QED) is 0.779. The van der Waals surface area contributed by atoms with E-state index in [2.05, 4.69) is 13.8 Å². The molecule has 1 heterocycles. The number of benzene rings is 1. The molecule has 0 amide bonds. The monoisotopic (exact) mass is 287 g/mol. The zero-order valence-corrected chi connectivity index (χ0v) is 12.6. The largest absolute Gasteiger partial charge is 0.352 e. The molecule has 1 aromatic rings.